The van der Waals surface area contributed by atoms with Gasteiger partial charge < -0.3 is 41.2 Å². The van der Waals surface area contributed by atoms with E-state index in [9.17, 15) is 0 Å². The Bertz CT molecular complexity index is 964. The lowest BCUT2D eigenvalue weighted by Crippen LogP contribution is -2.63. The molecular formula is C28H80O10Si11. The van der Waals surface area contributed by atoms with Crippen LogP contribution in [0.3, 0.4) is 0 Å². The molecular weight excluding hydrogens is 805 g/mol. The van der Waals surface area contributed by atoms with Gasteiger partial charge in [0.25, 0.3) is 0 Å². The van der Waals surface area contributed by atoms with Gasteiger partial charge in [-0.3, -0.25) is 0 Å². The third-order valence-corrected chi connectivity index (χ3v) is 50.9. The zero-order chi connectivity index (χ0) is 39.4. The van der Waals surface area contributed by atoms with Gasteiger partial charge in [-0.25, -0.2) is 0 Å². The Morgan fingerprint density at radius 3 is 0.449 bits per heavy atom. The first kappa shape index (κ1) is 51.0. The molecule has 0 radical (unpaired) electrons. The molecule has 0 aliphatic rings. The molecule has 0 aliphatic heterocycles. The topological polar surface area (TPSA) is 92.3 Å². The first-order valence-electron chi connectivity index (χ1n) is 18.3. The van der Waals surface area contributed by atoms with Crippen LogP contribution in [0, 0.1) is 0 Å². The number of hydrogen-bond donors (Lipinski definition) is 0. The molecule has 0 amide bonds. The molecule has 0 aromatic carbocycles. The van der Waals surface area contributed by atoms with E-state index in [2.05, 4.69) is 159 Å². The molecule has 4 atom stereocenters. The predicted octanol–water partition coefficient (Wildman–Crippen LogP) is 10.7. The van der Waals surface area contributed by atoms with Gasteiger partial charge in [-0.05, 0) is 155 Å². The number of hydrogen-bond acceptors (Lipinski definition) is 10. The van der Waals surface area contributed by atoms with E-state index in [1.807, 2.05) is 0 Å². The SMILES string of the molecule is CC[Si](C)(O[Si](C)(C)O[Si](C)(C)C)O[Si](C)(C)O[Si](C)(CC)O[Si](C)(C)O[Si](C)(CC)O[Si](C)(C)O[Si](C)(CC)O[Si](C)(C)O[Si](C)(C)C. The lowest BCUT2D eigenvalue weighted by molar-refractivity contribution is 0.248. The smallest absolute Gasteiger partial charge is 0.317 e. The third-order valence-electron chi connectivity index (χ3n) is 7.37. The fourth-order valence-corrected chi connectivity index (χ4v) is 61.0. The zero-order valence-corrected chi connectivity index (χ0v) is 47.4. The first-order chi connectivity index (χ1) is 21.3. The Morgan fingerprint density at radius 2 is 0.347 bits per heavy atom. The summed E-state index contributed by atoms with van der Waals surface area (Å²) in [6.45, 7) is 51.8. The highest BCUT2D eigenvalue weighted by molar-refractivity contribution is 6.94. The van der Waals surface area contributed by atoms with Crippen molar-refractivity contribution in [2.75, 3.05) is 0 Å². The largest absolute Gasteiger partial charge is 0.437 e. The van der Waals surface area contributed by atoms with Crippen LogP contribution < -0.4 is 0 Å². The Morgan fingerprint density at radius 1 is 0.224 bits per heavy atom. The summed E-state index contributed by atoms with van der Waals surface area (Å²) in [5.41, 5.74) is 0. The first-order valence-corrected chi connectivity index (χ1v) is 49.3. The summed E-state index contributed by atoms with van der Waals surface area (Å²) in [6.07, 6.45) is 0. The minimum absolute atomic E-state index is 0.780. The summed E-state index contributed by atoms with van der Waals surface area (Å²) in [4.78, 5) is 0. The summed E-state index contributed by atoms with van der Waals surface area (Å²) in [5, 5.41) is 0. The van der Waals surface area contributed by atoms with Crippen LogP contribution >= 0.6 is 0 Å². The number of rotatable bonds is 24. The summed E-state index contributed by atoms with van der Waals surface area (Å²) in [7, 11) is -26.9. The Balaban J connectivity index is 5.96. The van der Waals surface area contributed by atoms with Crippen molar-refractivity contribution in [3.8, 4) is 0 Å². The van der Waals surface area contributed by atoms with Crippen LogP contribution in [-0.4, -0.2) is 93.7 Å². The van der Waals surface area contributed by atoms with Crippen LogP contribution in [0.5, 0.6) is 0 Å². The van der Waals surface area contributed by atoms with Gasteiger partial charge in [-0.1, -0.05) is 27.7 Å². The van der Waals surface area contributed by atoms with Gasteiger partial charge in [0.1, 0.15) is 0 Å². The minimum atomic E-state index is -2.73. The van der Waals surface area contributed by atoms with Crippen molar-refractivity contribution in [1.29, 1.82) is 0 Å². The molecule has 0 N–H and O–H groups in total. The summed E-state index contributed by atoms with van der Waals surface area (Å²) in [5.74, 6) is 0. The maximum atomic E-state index is 7.03. The highest BCUT2D eigenvalue weighted by atomic mass is 28.5. The molecule has 0 aromatic heterocycles. The fraction of sp³-hybridized carbons (Fsp3) is 1.00. The van der Waals surface area contributed by atoms with Crippen LogP contribution in [0.25, 0.3) is 0 Å². The van der Waals surface area contributed by atoms with Gasteiger partial charge in [-0.2, -0.15) is 0 Å². The summed E-state index contributed by atoms with van der Waals surface area (Å²) < 4.78 is 68.6. The van der Waals surface area contributed by atoms with Crippen molar-refractivity contribution in [1.82, 2.24) is 0 Å². The van der Waals surface area contributed by atoms with E-state index in [-0.39, 0.29) is 0 Å². The average molecular weight is 886 g/mol. The molecule has 0 heterocycles. The van der Waals surface area contributed by atoms with Crippen molar-refractivity contribution >= 4 is 93.7 Å². The minimum Gasteiger partial charge on any atom is -0.437 e. The molecule has 0 aliphatic carbocycles. The van der Waals surface area contributed by atoms with Crippen molar-refractivity contribution in [2.24, 2.45) is 0 Å². The normalized spacial score (nSPS) is 19.6. The van der Waals surface area contributed by atoms with E-state index in [1.54, 1.807) is 0 Å². The van der Waals surface area contributed by atoms with E-state index < -0.39 is 93.7 Å². The lowest BCUT2D eigenvalue weighted by Gasteiger charge is -2.46. The Hall–Kier alpha value is 1.99. The molecule has 4 unspecified atom stereocenters. The van der Waals surface area contributed by atoms with E-state index in [4.69, 9.17) is 41.2 Å². The molecule has 0 rings (SSSR count). The van der Waals surface area contributed by atoms with Crippen molar-refractivity contribution in [3.05, 3.63) is 0 Å². The molecule has 0 fully saturated rings. The van der Waals surface area contributed by atoms with Gasteiger partial charge in [-0.15, -0.1) is 0 Å². The second-order valence-corrected chi connectivity index (χ2v) is 60.7. The second-order valence-electron chi connectivity index (χ2n) is 18.2. The van der Waals surface area contributed by atoms with E-state index >= 15 is 0 Å². The molecule has 0 bridgehead atoms. The van der Waals surface area contributed by atoms with Crippen LogP contribution in [0.15, 0.2) is 0 Å². The Kier molecular flexibility index (Phi) is 18.6. The Labute approximate surface area is 315 Å². The molecule has 0 saturated heterocycles. The van der Waals surface area contributed by atoms with Crippen LogP contribution in [-0.2, 0) is 41.2 Å². The van der Waals surface area contributed by atoms with Gasteiger partial charge in [0.05, 0.1) is 0 Å². The third kappa shape index (κ3) is 21.0. The highest BCUT2D eigenvalue weighted by Crippen LogP contribution is 2.34. The quantitative estimate of drug-likeness (QED) is 0.0873. The maximum absolute atomic E-state index is 7.03. The zero-order valence-electron chi connectivity index (χ0n) is 36.4. The monoisotopic (exact) mass is 884 g/mol. The van der Waals surface area contributed by atoms with E-state index in [1.165, 1.54) is 0 Å². The predicted molar refractivity (Wildman–Crippen MR) is 233 cm³/mol. The summed E-state index contributed by atoms with van der Waals surface area (Å²) >= 11 is 0. The highest BCUT2D eigenvalue weighted by Gasteiger charge is 2.53. The van der Waals surface area contributed by atoms with Gasteiger partial charge >= 0.3 is 77.0 Å². The van der Waals surface area contributed by atoms with Gasteiger partial charge in [0.2, 0.25) is 0 Å². The molecule has 0 aromatic rings. The van der Waals surface area contributed by atoms with Crippen molar-refractivity contribution < 1.29 is 41.2 Å². The fourth-order valence-electron chi connectivity index (χ4n) is 6.40. The molecule has 0 spiro atoms. The lowest BCUT2D eigenvalue weighted by atomic mass is 11.0. The second kappa shape index (κ2) is 17.8. The van der Waals surface area contributed by atoms with Gasteiger partial charge in [0.15, 0.2) is 16.6 Å². The maximum Gasteiger partial charge on any atom is 0.317 e. The molecule has 21 heteroatoms. The molecule has 296 valence electrons. The standard InChI is InChI=1S/C28H80O10Si11/c1-25-46(21,31-41(11,12)29-39(5,6)7)33-43(15,16)35-48(23,27-3)37-45(19,20)38-49(24,28-4)36-44(17,18)34-47(22,26-2)32-42(13,14)30-40(8,9)10/h25-28H2,1-24H3. The summed E-state index contributed by atoms with van der Waals surface area (Å²) in [6, 6.07) is 3.20. The average Bonchev–Trinajstić information content (AvgIpc) is 2.77. The van der Waals surface area contributed by atoms with E-state index in [0.29, 0.717) is 0 Å². The molecule has 0 saturated carbocycles. The van der Waals surface area contributed by atoms with Crippen molar-refractivity contribution in [2.45, 2.75) is 183 Å². The van der Waals surface area contributed by atoms with Crippen LogP contribution in [0.4, 0.5) is 0 Å². The molecule has 49 heavy (non-hydrogen) atoms. The molecule has 10 nitrogen and oxygen atoms in total. The van der Waals surface area contributed by atoms with Gasteiger partial charge in [0, 0.05) is 0 Å². The van der Waals surface area contributed by atoms with Crippen LogP contribution in [0.1, 0.15) is 27.7 Å². The van der Waals surface area contributed by atoms with Crippen molar-refractivity contribution in [3.63, 3.8) is 0 Å². The van der Waals surface area contributed by atoms with E-state index in [0.717, 1.165) is 24.2 Å². The van der Waals surface area contributed by atoms with Crippen LogP contribution in [0.2, 0.25) is 155 Å².